The molecule has 0 spiro atoms. The minimum atomic E-state index is -0.0520. The predicted octanol–water partition coefficient (Wildman–Crippen LogP) is 6.52. The highest BCUT2D eigenvalue weighted by atomic mass is 32.2. The van der Waals surface area contributed by atoms with Crippen molar-refractivity contribution in [3.05, 3.63) is 84.9 Å². The van der Waals surface area contributed by atoms with E-state index in [0.29, 0.717) is 12.2 Å². The van der Waals surface area contributed by atoms with Gasteiger partial charge in [-0.1, -0.05) is 57.2 Å². The third-order valence-electron chi connectivity index (χ3n) is 4.47. The van der Waals surface area contributed by atoms with Gasteiger partial charge in [0.15, 0.2) is 0 Å². The molecule has 3 aromatic rings. The van der Waals surface area contributed by atoms with Gasteiger partial charge in [0, 0.05) is 28.4 Å². The average molecular weight is 433 g/mol. The van der Waals surface area contributed by atoms with Crippen molar-refractivity contribution in [3.63, 3.8) is 0 Å². The lowest BCUT2D eigenvalue weighted by Gasteiger charge is -2.23. The second kappa shape index (κ2) is 10.3. The number of amides is 2. The average Bonchev–Trinajstić information content (AvgIpc) is 2.74. The smallest absolute Gasteiger partial charge is 0.241 e. The Labute approximate surface area is 188 Å². The van der Waals surface area contributed by atoms with Crippen LogP contribution in [0.5, 0.6) is 0 Å². The van der Waals surface area contributed by atoms with Crippen molar-refractivity contribution < 1.29 is 9.59 Å². The summed E-state index contributed by atoms with van der Waals surface area (Å²) >= 11 is 1.48. The lowest BCUT2D eigenvalue weighted by Crippen LogP contribution is -2.27. The first-order chi connectivity index (χ1) is 14.8. The summed E-state index contributed by atoms with van der Waals surface area (Å²) in [6.45, 7) is 6.12. The van der Waals surface area contributed by atoms with E-state index in [9.17, 15) is 9.59 Å². The molecule has 0 heterocycles. The zero-order valence-electron chi connectivity index (χ0n) is 18.2. The predicted molar refractivity (Wildman–Crippen MR) is 130 cm³/mol. The first kappa shape index (κ1) is 22.6. The molecular weight excluding hydrogens is 404 g/mol. The number of para-hydroxylation sites is 2. The van der Waals surface area contributed by atoms with E-state index in [-0.39, 0.29) is 17.2 Å². The molecule has 31 heavy (non-hydrogen) atoms. The molecule has 0 aliphatic carbocycles. The van der Waals surface area contributed by atoms with Crippen LogP contribution in [0.4, 0.5) is 17.1 Å². The van der Waals surface area contributed by atoms with Gasteiger partial charge >= 0.3 is 0 Å². The summed E-state index contributed by atoms with van der Waals surface area (Å²) in [5.74, 6) is 0.314. The Hall–Kier alpha value is -3.05. The number of anilines is 3. The maximum absolute atomic E-state index is 13.1. The van der Waals surface area contributed by atoms with Gasteiger partial charge in [-0.3, -0.25) is 14.5 Å². The molecule has 2 amide bonds. The molecule has 0 aromatic heterocycles. The summed E-state index contributed by atoms with van der Waals surface area (Å²) in [5, 5.41) is 2.93. The van der Waals surface area contributed by atoms with Gasteiger partial charge in [0.05, 0.1) is 5.75 Å². The molecule has 3 rings (SSSR count). The lowest BCUT2D eigenvalue weighted by atomic mass is 9.92. The van der Waals surface area contributed by atoms with Gasteiger partial charge in [-0.2, -0.15) is 0 Å². The highest BCUT2D eigenvalue weighted by Gasteiger charge is 2.18. The third kappa shape index (κ3) is 7.00. The molecule has 0 saturated heterocycles. The van der Waals surface area contributed by atoms with Crippen molar-refractivity contribution in [2.75, 3.05) is 16.0 Å². The molecule has 0 unspecified atom stereocenters. The minimum absolute atomic E-state index is 0.00412. The Balaban J connectivity index is 1.64. The normalized spacial score (nSPS) is 11.1. The van der Waals surface area contributed by atoms with E-state index in [1.807, 2.05) is 106 Å². The minimum Gasteiger partial charge on any atom is -0.326 e. The fourth-order valence-corrected chi connectivity index (χ4v) is 3.87. The Kier molecular flexibility index (Phi) is 7.53. The SMILES string of the molecule is CC(C)(C)CC(=O)Nc1ccc(SCC(=O)N(c2ccccc2)c2ccccc2)cc1. The molecule has 0 atom stereocenters. The molecule has 4 nitrogen and oxygen atoms in total. The van der Waals surface area contributed by atoms with Crippen LogP contribution in [0, 0.1) is 5.41 Å². The van der Waals surface area contributed by atoms with E-state index in [1.54, 1.807) is 4.90 Å². The van der Waals surface area contributed by atoms with Crippen molar-refractivity contribution in [1.82, 2.24) is 0 Å². The number of nitrogens with one attached hydrogen (secondary N) is 1. The van der Waals surface area contributed by atoms with Crippen molar-refractivity contribution in [3.8, 4) is 0 Å². The second-order valence-electron chi connectivity index (χ2n) is 8.50. The lowest BCUT2D eigenvalue weighted by molar-refractivity contribution is -0.118. The molecule has 160 valence electrons. The first-order valence-corrected chi connectivity index (χ1v) is 11.3. The van der Waals surface area contributed by atoms with Crippen LogP contribution >= 0.6 is 11.8 Å². The fourth-order valence-electron chi connectivity index (χ4n) is 3.12. The summed E-state index contributed by atoms with van der Waals surface area (Å²) in [7, 11) is 0. The third-order valence-corrected chi connectivity index (χ3v) is 5.47. The van der Waals surface area contributed by atoms with Crippen LogP contribution < -0.4 is 10.2 Å². The number of nitrogens with zero attached hydrogens (tertiary/aromatic N) is 1. The molecule has 0 aliphatic heterocycles. The standard InChI is InChI=1S/C26H28N2O2S/c1-26(2,3)18-24(29)27-20-14-16-23(17-15-20)31-19-25(30)28(21-10-6-4-7-11-21)22-12-8-5-9-13-22/h4-17H,18-19H2,1-3H3,(H,27,29). The zero-order chi connectivity index (χ0) is 22.3. The maximum atomic E-state index is 13.1. The monoisotopic (exact) mass is 432 g/mol. The van der Waals surface area contributed by atoms with E-state index in [0.717, 1.165) is 22.0 Å². The Bertz CT molecular complexity index is 958. The molecule has 0 saturated carbocycles. The summed E-state index contributed by atoms with van der Waals surface area (Å²) in [4.78, 5) is 27.9. The van der Waals surface area contributed by atoms with Crippen LogP contribution in [0.2, 0.25) is 0 Å². The van der Waals surface area contributed by atoms with Gasteiger partial charge in [0.25, 0.3) is 0 Å². The van der Waals surface area contributed by atoms with Crippen molar-refractivity contribution in [2.24, 2.45) is 5.41 Å². The molecule has 5 heteroatoms. The van der Waals surface area contributed by atoms with Crippen LogP contribution in [0.3, 0.4) is 0 Å². The number of hydrogen-bond donors (Lipinski definition) is 1. The van der Waals surface area contributed by atoms with Crippen LogP contribution in [0.1, 0.15) is 27.2 Å². The highest BCUT2D eigenvalue weighted by molar-refractivity contribution is 8.00. The number of carbonyl (C=O) groups excluding carboxylic acids is 2. The summed E-state index contributed by atoms with van der Waals surface area (Å²) in [6.07, 6.45) is 0.465. The van der Waals surface area contributed by atoms with Gasteiger partial charge < -0.3 is 5.32 Å². The Morgan fingerprint density at radius 2 is 1.32 bits per heavy atom. The van der Waals surface area contributed by atoms with E-state index < -0.39 is 0 Å². The van der Waals surface area contributed by atoms with E-state index >= 15 is 0 Å². The largest absolute Gasteiger partial charge is 0.326 e. The highest BCUT2D eigenvalue weighted by Crippen LogP contribution is 2.28. The summed E-state index contributed by atoms with van der Waals surface area (Å²) in [5.41, 5.74) is 2.40. The van der Waals surface area contributed by atoms with Crippen molar-refractivity contribution >= 4 is 40.6 Å². The van der Waals surface area contributed by atoms with Crippen LogP contribution in [0.15, 0.2) is 89.8 Å². The van der Waals surface area contributed by atoms with Crippen LogP contribution in [-0.2, 0) is 9.59 Å². The summed E-state index contributed by atoms with van der Waals surface area (Å²) < 4.78 is 0. The number of hydrogen-bond acceptors (Lipinski definition) is 3. The van der Waals surface area contributed by atoms with Crippen molar-refractivity contribution in [1.29, 1.82) is 0 Å². The number of rotatable bonds is 7. The molecule has 0 bridgehead atoms. The van der Waals surface area contributed by atoms with E-state index in [1.165, 1.54) is 11.8 Å². The molecule has 0 fully saturated rings. The first-order valence-electron chi connectivity index (χ1n) is 10.3. The van der Waals surface area contributed by atoms with Gasteiger partial charge in [-0.25, -0.2) is 0 Å². The number of benzene rings is 3. The number of carbonyl (C=O) groups is 2. The van der Waals surface area contributed by atoms with Gasteiger partial charge in [-0.05, 0) is 53.9 Å². The van der Waals surface area contributed by atoms with E-state index in [4.69, 9.17) is 0 Å². The molecule has 0 aliphatic rings. The quantitative estimate of drug-likeness (QED) is 0.433. The Morgan fingerprint density at radius 1 is 0.806 bits per heavy atom. The molecular formula is C26H28N2O2S. The van der Waals surface area contributed by atoms with Gasteiger partial charge in [0.2, 0.25) is 11.8 Å². The maximum Gasteiger partial charge on any atom is 0.241 e. The topological polar surface area (TPSA) is 49.4 Å². The molecule has 0 radical (unpaired) electrons. The zero-order valence-corrected chi connectivity index (χ0v) is 19.0. The van der Waals surface area contributed by atoms with Crippen LogP contribution in [0.25, 0.3) is 0 Å². The Morgan fingerprint density at radius 3 is 1.81 bits per heavy atom. The van der Waals surface area contributed by atoms with Gasteiger partial charge in [-0.15, -0.1) is 11.8 Å². The second-order valence-corrected chi connectivity index (χ2v) is 9.55. The summed E-state index contributed by atoms with van der Waals surface area (Å²) in [6, 6.07) is 26.9. The fraction of sp³-hybridized carbons (Fsp3) is 0.231. The molecule has 3 aromatic carbocycles. The number of thioether (sulfide) groups is 1. The van der Waals surface area contributed by atoms with Crippen molar-refractivity contribution in [2.45, 2.75) is 32.1 Å². The van der Waals surface area contributed by atoms with Crippen LogP contribution in [-0.4, -0.2) is 17.6 Å². The van der Waals surface area contributed by atoms with Gasteiger partial charge in [0.1, 0.15) is 0 Å². The molecule has 1 N–H and O–H groups in total. The van der Waals surface area contributed by atoms with E-state index in [2.05, 4.69) is 5.32 Å².